The van der Waals surface area contributed by atoms with Crippen molar-refractivity contribution in [3.8, 4) is 0 Å². The van der Waals surface area contributed by atoms with Crippen molar-refractivity contribution in [1.29, 1.82) is 0 Å². The van der Waals surface area contributed by atoms with Crippen molar-refractivity contribution in [3.05, 3.63) is 33.7 Å². The molecule has 0 saturated heterocycles. The molecule has 1 aliphatic heterocycles. The van der Waals surface area contributed by atoms with Crippen molar-refractivity contribution in [2.45, 2.75) is 46.1 Å². The molecule has 0 radical (unpaired) electrons. The maximum Gasteiger partial charge on any atom is 0.257 e. The molecule has 1 N–H and O–H groups in total. The summed E-state index contributed by atoms with van der Waals surface area (Å²) in [6, 6.07) is 0. The second kappa shape index (κ2) is 4.73. The lowest BCUT2D eigenvalue weighted by Crippen LogP contribution is -2.31. The summed E-state index contributed by atoms with van der Waals surface area (Å²) in [5.41, 5.74) is 2.44. The Morgan fingerprint density at radius 1 is 1.53 bits per heavy atom. The third-order valence-corrected chi connectivity index (χ3v) is 3.24. The number of allylic oxidation sites excluding steroid dienone is 1. The number of aryl methyl sites for hydroxylation is 1. The van der Waals surface area contributed by atoms with E-state index in [1.807, 2.05) is 6.92 Å². The lowest BCUT2D eigenvalue weighted by molar-refractivity contribution is 0.467. The van der Waals surface area contributed by atoms with Crippen LogP contribution in [0.15, 0.2) is 11.1 Å². The number of hydrogen-bond donors (Lipinski definition) is 1. The van der Waals surface area contributed by atoms with Crippen LogP contribution >= 0.6 is 0 Å². The molecule has 4 nitrogen and oxygen atoms in total. The number of aromatic nitrogens is 2. The summed E-state index contributed by atoms with van der Waals surface area (Å²) in [5, 5.41) is 9.17. The van der Waals surface area contributed by atoms with Gasteiger partial charge in [-0.1, -0.05) is 13.3 Å². The Kier molecular flexibility index (Phi) is 3.31. The van der Waals surface area contributed by atoms with Gasteiger partial charge in [-0.15, -0.1) is 0 Å². The second-order valence-electron chi connectivity index (χ2n) is 4.46. The van der Waals surface area contributed by atoms with Crippen LogP contribution in [0.2, 0.25) is 0 Å². The molecule has 0 fully saturated rings. The van der Waals surface area contributed by atoms with Gasteiger partial charge in [0.05, 0.1) is 6.26 Å². The molecule has 0 saturated carbocycles. The Balaban J connectivity index is 2.63. The van der Waals surface area contributed by atoms with Gasteiger partial charge in [0.1, 0.15) is 5.82 Å². The van der Waals surface area contributed by atoms with Crippen molar-refractivity contribution in [3.63, 3.8) is 0 Å². The number of aliphatic hydroxyl groups excluding tert-OH is 1. The zero-order valence-corrected chi connectivity index (χ0v) is 10.4. The van der Waals surface area contributed by atoms with E-state index in [1.165, 1.54) is 0 Å². The topological polar surface area (TPSA) is 55.1 Å². The molecule has 1 aromatic rings. The molecule has 17 heavy (non-hydrogen) atoms. The van der Waals surface area contributed by atoms with Gasteiger partial charge in [-0.05, 0) is 26.2 Å². The predicted octanol–water partition coefficient (Wildman–Crippen LogP) is 2.20. The molecule has 2 heterocycles. The van der Waals surface area contributed by atoms with Crippen molar-refractivity contribution >= 4 is 5.57 Å². The van der Waals surface area contributed by atoms with Gasteiger partial charge in [0, 0.05) is 23.4 Å². The SMILES string of the molecule is CCCc1c(C)nc2n(c1=O)CCCC2=CO. The van der Waals surface area contributed by atoms with E-state index >= 15 is 0 Å². The zero-order chi connectivity index (χ0) is 12.4. The van der Waals surface area contributed by atoms with Gasteiger partial charge in [0.2, 0.25) is 0 Å². The molecule has 92 valence electrons. The fourth-order valence-corrected chi connectivity index (χ4v) is 2.35. The van der Waals surface area contributed by atoms with Crippen molar-refractivity contribution in [2.24, 2.45) is 0 Å². The van der Waals surface area contributed by atoms with E-state index in [0.717, 1.165) is 48.8 Å². The van der Waals surface area contributed by atoms with Gasteiger partial charge >= 0.3 is 0 Å². The van der Waals surface area contributed by atoms with Crippen molar-refractivity contribution in [1.82, 2.24) is 9.55 Å². The van der Waals surface area contributed by atoms with Crippen molar-refractivity contribution in [2.75, 3.05) is 0 Å². The third-order valence-electron chi connectivity index (χ3n) is 3.24. The molecule has 2 rings (SSSR count). The molecule has 0 bridgehead atoms. The van der Waals surface area contributed by atoms with Crippen LogP contribution in [0.25, 0.3) is 5.57 Å². The number of rotatable bonds is 2. The van der Waals surface area contributed by atoms with Crippen molar-refractivity contribution < 1.29 is 5.11 Å². The molecular formula is C13H18N2O2. The first-order chi connectivity index (χ1) is 8.19. The van der Waals surface area contributed by atoms with Crippen LogP contribution in [0.5, 0.6) is 0 Å². The summed E-state index contributed by atoms with van der Waals surface area (Å²) in [5.74, 6) is 0.640. The van der Waals surface area contributed by atoms with Gasteiger partial charge in [-0.3, -0.25) is 9.36 Å². The Labute approximate surface area is 101 Å². The standard InChI is InChI=1S/C13H18N2O2/c1-3-5-11-9(2)14-12-10(8-16)6-4-7-15(12)13(11)17/h8,16H,3-7H2,1-2H3. The molecule has 0 amide bonds. The van der Waals surface area contributed by atoms with Crippen LogP contribution < -0.4 is 5.56 Å². The highest BCUT2D eigenvalue weighted by Gasteiger charge is 2.20. The molecule has 1 aliphatic rings. The highest BCUT2D eigenvalue weighted by atomic mass is 16.2. The number of aliphatic hydroxyl groups is 1. The third kappa shape index (κ3) is 1.99. The first kappa shape index (κ1) is 11.9. The minimum atomic E-state index is 0.0633. The van der Waals surface area contributed by atoms with Crippen LogP contribution in [-0.2, 0) is 13.0 Å². The maximum atomic E-state index is 12.3. The minimum Gasteiger partial charge on any atom is -0.515 e. The Bertz CT molecular complexity index is 515. The first-order valence-electron chi connectivity index (χ1n) is 6.13. The van der Waals surface area contributed by atoms with Crippen LogP contribution in [0.3, 0.4) is 0 Å². The van der Waals surface area contributed by atoms with Gasteiger partial charge in [0.15, 0.2) is 0 Å². The van der Waals surface area contributed by atoms with E-state index in [1.54, 1.807) is 4.57 Å². The van der Waals surface area contributed by atoms with E-state index < -0.39 is 0 Å². The largest absolute Gasteiger partial charge is 0.515 e. The average molecular weight is 234 g/mol. The van der Waals surface area contributed by atoms with Crippen LogP contribution in [0.1, 0.15) is 43.3 Å². The maximum absolute atomic E-state index is 12.3. The van der Waals surface area contributed by atoms with Gasteiger partial charge < -0.3 is 5.11 Å². The van der Waals surface area contributed by atoms with Gasteiger partial charge in [0.25, 0.3) is 5.56 Å². The quantitative estimate of drug-likeness (QED) is 0.798. The smallest absolute Gasteiger partial charge is 0.257 e. The predicted molar refractivity (Wildman–Crippen MR) is 67.1 cm³/mol. The van der Waals surface area contributed by atoms with E-state index in [4.69, 9.17) is 0 Å². The molecular weight excluding hydrogens is 216 g/mol. The van der Waals surface area contributed by atoms with E-state index in [2.05, 4.69) is 11.9 Å². The van der Waals surface area contributed by atoms with E-state index in [-0.39, 0.29) is 5.56 Å². The van der Waals surface area contributed by atoms with Gasteiger partial charge in [-0.2, -0.15) is 0 Å². The highest BCUT2D eigenvalue weighted by molar-refractivity contribution is 5.60. The second-order valence-corrected chi connectivity index (χ2v) is 4.46. The summed E-state index contributed by atoms with van der Waals surface area (Å²) >= 11 is 0. The molecule has 4 heteroatoms. The summed E-state index contributed by atoms with van der Waals surface area (Å²) in [6.07, 6.45) is 4.47. The minimum absolute atomic E-state index is 0.0633. The zero-order valence-electron chi connectivity index (χ0n) is 10.4. The summed E-state index contributed by atoms with van der Waals surface area (Å²) in [4.78, 5) is 16.8. The molecule has 0 unspecified atom stereocenters. The highest BCUT2D eigenvalue weighted by Crippen LogP contribution is 2.23. The molecule has 0 spiro atoms. The summed E-state index contributed by atoms with van der Waals surface area (Å²) in [7, 11) is 0. The monoisotopic (exact) mass is 234 g/mol. The van der Waals surface area contributed by atoms with E-state index in [9.17, 15) is 9.90 Å². The molecule has 0 aromatic carbocycles. The molecule has 0 atom stereocenters. The first-order valence-corrected chi connectivity index (χ1v) is 6.13. The Morgan fingerprint density at radius 2 is 2.29 bits per heavy atom. The number of hydrogen-bond acceptors (Lipinski definition) is 3. The normalized spacial score (nSPS) is 17.2. The van der Waals surface area contributed by atoms with Crippen LogP contribution in [0, 0.1) is 6.92 Å². The fourth-order valence-electron chi connectivity index (χ4n) is 2.35. The summed E-state index contributed by atoms with van der Waals surface area (Å²) in [6.45, 7) is 4.63. The van der Waals surface area contributed by atoms with Crippen LogP contribution in [-0.4, -0.2) is 14.7 Å². The number of nitrogens with zero attached hydrogens (tertiary/aromatic N) is 2. The summed E-state index contributed by atoms with van der Waals surface area (Å²) < 4.78 is 1.70. The molecule has 1 aromatic heterocycles. The Morgan fingerprint density at radius 3 is 2.94 bits per heavy atom. The lowest BCUT2D eigenvalue weighted by atomic mass is 10.0. The number of fused-ring (bicyclic) bond motifs is 1. The molecule has 0 aliphatic carbocycles. The van der Waals surface area contributed by atoms with Crippen LogP contribution in [0.4, 0.5) is 0 Å². The lowest BCUT2D eigenvalue weighted by Gasteiger charge is -2.21. The van der Waals surface area contributed by atoms with E-state index in [0.29, 0.717) is 12.4 Å². The van der Waals surface area contributed by atoms with Gasteiger partial charge in [-0.25, -0.2) is 4.98 Å². The average Bonchev–Trinajstić information content (AvgIpc) is 2.34. The fraction of sp³-hybridized carbons (Fsp3) is 0.538. The Hall–Kier alpha value is -1.58.